The van der Waals surface area contributed by atoms with Crippen LogP contribution in [0.5, 0.6) is 5.75 Å². The maximum absolute atomic E-state index is 12.1. The third kappa shape index (κ3) is 3.93. The number of carbonyl (C=O) groups is 2. The number of hydrazone groups is 1. The van der Waals surface area contributed by atoms with E-state index in [2.05, 4.69) is 10.4 Å². The lowest BCUT2D eigenvalue weighted by Crippen LogP contribution is -2.43. The van der Waals surface area contributed by atoms with Gasteiger partial charge in [0, 0.05) is 18.9 Å². The van der Waals surface area contributed by atoms with E-state index in [4.69, 9.17) is 4.74 Å². The summed E-state index contributed by atoms with van der Waals surface area (Å²) >= 11 is 0. The van der Waals surface area contributed by atoms with Gasteiger partial charge in [-0.15, -0.1) is 0 Å². The van der Waals surface area contributed by atoms with E-state index >= 15 is 0 Å². The van der Waals surface area contributed by atoms with E-state index in [1.807, 2.05) is 24.3 Å². The van der Waals surface area contributed by atoms with Crippen LogP contribution in [-0.2, 0) is 9.59 Å². The summed E-state index contributed by atoms with van der Waals surface area (Å²) in [5.74, 6) is 0.544. The van der Waals surface area contributed by atoms with Crippen molar-refractivity contribution >= 4 is 17.5 Å². The smallest absolute Gasteiger partial charge is 0.243 e. The molecule has 0 saturated heterocycles. The fourth-order valence-corrected chi connectivity index (χ4v) is 3.19. The molecule has 1 N–H and O–H groups in total. The lowest BCUT2D eigenvalue weighted by molar-refractivity contribution is -0.136. The fourth-order valence-electron chi connectivity index (χ4n) is 3.19. The summed E-state index contributed by atoms with van der Waals surface area (Å²) in [6.45, 7) is -0.00497. The Morgan fingerprint density at radius 3 is 2.62 bits per heavy atom. The van der Waals surface area contributed by atoms with Crippen molar-refractivity contribution in [3.8, 4) is 5.75 Å². The molecule has 1 aliphatic heterocycles. The van der Waals surface area contributed by atoms with Crippen molar-refractivity contribution in [1.29, 1.82) is 0 Å². The average Bonchev–Trinajstić information content (AvgIpc) is 3.10. The van der Waals surface area contributed by atoms with Crippen LogP contribution in [0.15, 0.2) is 29.4 Å². The first-order valence-electron chi connectivity index (χ1n) is 8.47. The molecule has 1 fully saturated rings. The largest absolute Gasteiger partial charge is 0.497 e. The van der Waals surface area contributed by atoms with Crippen LogP contribution >= 0.6 is 0 Å². The van der Waals surface area contributed by atoms with Crippen molar-refractivity contribution in [2.24, 2.45) is 5.10 Å². The fraction of sp³-hybridized carbons (Fsp3) is 0.500. The molecule has 1 heterocycles. The molecule has 0 aromatic heterocycles. The summed E-state index contributed by atoms with van der Waals surface area (Å²) in [6.07, 6.45) is 5.34. The Bertz CT molecular complexity index is 633. The molecule has 3 rings (SSSR count). The molecule has 6 nitrogen and oxygen atoms in total. The van der Waals surface area contributed by atoms with Gasteiger partial charge in [0.05, 0.1) is 12.8 Å². The predicted octanol–water partition coefficient (Wildman–Crippen LogP) is 2.08. The number of nitrogens with one attached hydrogen (secondary N) is 1. The molecule has 1 aromatic rings. The molecule has 1 aliphatic carbocycles. The first-order valence-corrected chi connectivity index (χ1v) is 8.47. The Morgan fingerprint density at radius 2 is 1.96 bits per heavy atom. The Hall–Kier alpha value is -2.37. The van der Waals surface area contributed by atoms with Gasteiger partial charge < -0.3 is 10.1 Å². The van der Waals surface area contributed by atoms with Crippen LogP contribution in [0.3, 0.4) is 0 Å². The van der Waals surface area contributed by atoms with Gasteiger partial charge in [-0.25, -0.2) is 5.01 Å². The number of methoxy groups -OCH3 is 1. The molecule has 1 aromatic carbocycles. The number of amides is 2. The van der Waals surface area contributed by atoms with E-state index in [1.165, 1.54) is 5.01 Å². The van der Waals surface area contributed by atoms with E-state index in [9.17, 15) is 9.59 Å². The van der Waals surface area contributed by atoms with Crippen LogP contribution in [0.4, 0.5) is 0 Å². The molecule has 0 atom stereocenters. The van der Waals surface area contributed by atoms with Gasteiger partial charge in [0.15, 0.2) is 0 Å². The standard InChI is InChI=1S/C18H23N3O3/c1-24-15-8-6-13(7-9-15)16-10-11-18(23)21(20-16)12-17(22)19-14-4-2-3-5-14/h6-9,14H,2-5,10-12H2,1H3,(H,19,22). The Morgan fingerprint density at radius 1 is 1.25 bits per heavy atom. The highest BCUT2D eigenvalue weighted by atomic mass is 16.5. The molecule has 128 valence electrons. The summed E-state index contributed by atoms with van der Waals surface area (Å²) in [5.41, 5.74) is 1.77. The molecule has 0 bridgehead atoms. The maximum Gasteiger partial charge on any atom is 0.243 e. The number of nitrogens with zero attached hydrogens (tertiary/aromatic N) is 2. The van der Waals surface area contributed by atoms with Crippen molar-refractivity contribution < 1.29 is 14.3 Å². The van der Waals surface area contributed by atoms with Gasteiger partial charge in [0.1, 0.15) is 12.3 Å². The average molecular weight is 329 g/mol. The molecule has 0 unspecified atom stereocenters. The molecule has 2 amide bonds. The Kier molecular flexibility index (Phi) is 5.13. The molecule has 1 saturated carbocycles. The van der Waals surface area contributed by atoms with E-state index in [0.717, 1.165) is 42.7 Å². The Labute approximate surface area is 141 Å². The third-order valence-electron chi connectivity index (χ3n) is 4.54. The van der Waals surface area contributed by atoms with Crippen LogP contribution < -0.4 is 10.1 Å². The van der Waals surface area contributed by atoms with Gasteiger partial charge in [0.25, 0.3) is 0 Å². The highest BCUT2D eigenvalue weighted by Gasteiger charge is 2.25. The van der Waals surface area contributed by atoms with Crippen LogP contribution in [0.1, 0.15) is 44.1 Å². The summed E-state index contributed by atoms with van der Waals surface area (Å²) in [4.78, 5) is 24.2. The number of rotatable bonds is 5. The first-order chi connectivity index (χ1) is 11.7. The molecule has 24 heavy (non-hydrogen) atoms. The number of ether oxygens (including phenoxy) is 1. The first kappa shape index (κ1) is 16.5. The number of carbonyl (C=O) groups excluding carboxylic acids is 2. The van der Waals surface area contributed by atoms with E-state index in [-0.39, 0.29) is 24.4 Å². The number of hydrogen-bond donors (Lipinski definition) is 1. The molecule has 0 spiro atoms. The van der Waals surface area contributed by atoms with Gasteiger partial charge >= 0.3 is 0 Å². The predicted molar refractivity (Wildman–Crippen MR) is 90.9 cm³/mol. The summed E-state index contributed by atoms with van der Waals surface area (Å²) in [7, 11) is 1.62. The van der Waals surface area contributed by atoms with Gasteiger partial charge in [-0.1, -0.05) is 12.8 Å². The number of hydrogen-bond acceptors (Lipinski definition) is 4. The van der Waals surface area contributed by atoms with Gasteiger partial charge in [0.2, 0.25) is 11.8 Å². The van der Waals surface area contributed by atoms with Crippen molar-refractivity contribution in [3.63, 3.8) is 0 Å². The number of benzene rings is 1. The second-order valence-electron chi connectivity index (χ2n) is 6.28. The lowest BCUT2D eigenvalue weighted by atomic mass is 10.0. The zero-order valence-electron chi connectivity index (χ0n) is 14.0. The van der Waals surface area contributed by atoms with Crippen molar-refractivity contribution in [2.45, 2.75) is 44.6 Å². The normalized spacial score (nSPS) is 18.5. The summed E-state index contributed by atoms with van der Waals surface area (Å²) in [5, 5.41) is 8.70. The van der Waals surface area contributed by atoms with Crippen molar-refractivity contribution in [2.75, 3.05) is 13.7 Å². The summed E-state index contributed by atoms with van der Waals surface area (Å²) in [6, 6.07) is 7.83. The van der Waals surface area contributed by atoms with Gasteiger partial charge in [-0.3, -0.25) is 9.59 Å². The van der Waals surface area contributed by atoms with Gasteiger partial charge in [-0.2, -0.15) is 5.10 Å². The molecule has 6 heteroatoms. The molecule has 2 aliphatic rings. The molecular formula is C18H23N3O3. The van der Waals surface area contributed by atoms with E-state index in [1.54, 1.807) is 7.11 Å². The summed E-state index contributed by atoms with van der Waals surface area (Å²) < 4.78 is 5.15. The maximum atomic E-state index is 12.1. The van der Waals surface area contributed by atoms with E-state index < -0.39 is 0 Å². The van der Waals surface area contributed by atoms with Crippen LogP contribution in [-0.4, -0.2) is 42.2 Å². The highest BCUT2D eigenvalue weighted by molar-refractivity contribution is 6.04. The minimum Gasteiger partial charge on any atom is -0.497 e. The minimum absolute atomic E-state index is 0.00497. The van der Waals surface area contributed by atoms with E-state index in [0.29, 0.717) is 12.8 Å². The second kappa shape index (κ2) is 7.47. The van der Waals surface area contributed by atoms with Crippen LogP contribution in [0, 0.1) is 0 Å². The van der Waals surface area contributed by atoms with Crippen molar-refractivity contribution in [1.82, 2.24) is 10.3 Å². The zero-order valence-corrected chi connectivity index (χ0v) is 14.0. The van der Waals surface area contributed by atoms with Crippen molar-refractivity contribution in [3.05, 3.63) is 29.8 Å². The van der Waals surface area contributed by atoms with Crippen LogP contribution in [0.2, 0.25) is 0 Å². The molecular weight excluding hydrogens is 306 g/mol. The quantitative estimate of drug-likeness (QED) is 0.899. The topological polar surface area (TPSA) is 71.0 Å². The third-order valence-corrected chi connectivity index (χ3v) is 4.54. The second-order valence-corrected chi connectivity index (χ2v) is 6.28. The zero-order chi connectivity index (χ0) is 16.9. The SMILES string of the molecule is COc1ccc(C2=NN(CC(=O)NC3CCCC3)C(=O)CC2)cc1. The van der Waals surface area contributed by atoms with Crippen LogP contribution in [0.25, 0.3) is 0 Å². The highest BCUT2D eigenvalue weighted by Crippen LogP contribution is 2.19. The van der Waals surface area contributed by atoms with Gasteiger partial charge in [-0.05, 0) is 42.7 Å². The molecule has 0 radical (unpaired) electrons. The Balaban J connectivity index is 1.66. The monoisotopic (exact) mass is 329 g/mol. The minimum atomic E-state index is -0.130. The lowest BCUT2D eigenvalue weighted by Gasteiger charge is -2.24.